The quantitative estimate of drug-likeness (QED) is 0.281. The summed E-state index contributed by atoms with van der Waals surface area (Å²) in [5.41, 5.74) is -0.555. The van der Waals surface area contributed by atoms with Gasteiger partial charge in [-0.05, 0) is 25.0 Å². The fourth-order valence-electron chi connectivity index (χ4n) is 2.44. The third kappa shape index (κ3) is 5.92. The predicted molar refractivity (Wildman–Crippen MR) is 113 cm³/mol. The molecule has 1 N–H and O–H groups in total. The summed E-state index contributed by atoms with van der Waals surface area (Å²) in [6.07, 6.45) is 2.82. The summed E-state index contributed by atoms with van der Waals surface area (Å²) in [6, 6.07) is 6.80. The Kier molecular flexibility index (Phi) is 6.81. The van der Waals surface area contributed by atoms with Gasteiger partial charge in [0.2, 0.25) is 22.2 Å². The van der Waals surface area contributed by atoms with Gasteiger partial charge in [-0.3, -0.25) is 9.59 Å². The van der Waals surface area contributed by atoms with Crippen LogP contribution in [0, 0.1) is 11.7 Å². The average Bonchev–Trinajstić information content (AvgIpc) is 3.54. The van der Waals surface area contributed by atoms with E-state index in [1.807, 2.05) is 0 Å². The van der Waals surface area contributed by atoms with Crippen molar-refractivity contribution >= 4 is 40.1 Å². The third-order valence-electron chi connectivity index (χ3n) is 4.18. The third-order valence-corrected chi connectivity index (χ3v) is 6.18. The molecule has 0 bridgehead atoms. The van der Waals surface area contributed by atoms with E-state index in [4.69, 9.17) is 13.9 Å². The number of rotatable bonds is 9. The van der Waals surface area contributed by atoms with Crippen molar-refractivity contribution in [1.29, 1.82) is 0 Å². The van der Waals surface area contributed by atoms with Crippen LogP contribution < -0.4 is 20.2 Å². The van der Waals surface area contributed by atoms with Gasteiger partial charge >= 0.3 is 5.97 Å². The number of carbonyl (C=O) groups is 2. The molecule has 0 radical (unpaired) electrons. The number of hydrogen-bond acceptors (Lipinski definition) is 10. The van der Waals surface area contributed by atoms with E-state index in [0.717, 1.165) is 19.1 Å². The summed E-state index contributed by atoms with van der Waals surface area (Å²) in [6.45, 7) is -0.575. The van der Waals surface area contributed by atoms with E-state index in [0.29, 0.717) is 15.2 Å². The molecule has 1 aromatic carbocycles. The molecule has 32 heavy (non-hydrogen) atoms. The second-order valence-electron chi connectivity index (χ2n) is 6.69. The Labute approximate surface area is 188 Å². The normalized spacial score (nSPS) is 12.9. The maximum Gasteiger partial charge on any atom is 0.349 e. The number of nitrogens with zero attached hydrogens (tertiary/aromatic N) is 2. The minimum absolute atomic E-state index is 0.0480. The Hall–Kier alpha value is -3.25. The summed E-state index contributed by atoms with van der Waals surface area (Å²) >= 11 is 2.50. The predicted octanol–water partition coefficient (Wildman–Crippen LogP) is 3.26. The van der Waals surface area contributed by atoms with Crippen molar-refractivity contribution in [3.8, 4) is 11.5 Å². The zero-order valence-corrected chi connectivity index (χ0v) is 18.0. The second kappa shape index (κ2) is 9.92. The molecule has 12 heteroatoms. The number of thioether (sulfide) groups is 1. The molecule has 0 aliphatic heterocycles. The molecule has 0 spiro atoms. The first-order valence-electron chi connectivity index (χ1n) is 9.45. The first kappa shape index (κ1) is 22.0. The van der Waals surface area contributed by atoms with Crippen LogP contribution in [0.5, 0.6) is 11.5 Å². The van der Waals surface area contributed by atoms with E-state index < -0.39 is 23.8 Å². The van der Waals surface area contributed by atoms with Gasteiger partial charge < -0.3 is 19.2 Å². The van der Waals surface area contributed by atoms with Crippen molar-refractivity contribution in [2.45, 2.75) is 22.9 Å². The van der Waals surface area contributed by atoms with Crippen molar-refractivity contribution in [1.82, 2.24) is 10.2 Å². The Balaban J connectivity index is 1.27. The van der Waals surface area contributed by atoms with Crippen LogP contribution in [0.2, 0.25) is 0 Å². The van der Waals surface area contributed by atoms with Gasteiger partial charge in [-0.15, -0.1) is 10.2 Å². The molecule has 0 atom stereocenters. The molecular weight excluding hydrogens is 461 g/mol. The standard InChI is InChI=1S/C20H16FN3O6S2/c21-13-3-1-2-4-15(13)29-9-17(26)30-16-8-28-12(7-14(16)25)10-31-20-24-23-19(32-20)22-18(27)11-5-6-11/h1-4,7-8,11H,5-6,9-10H2,(H,22,23,27). The second-order valence-corrected chi connectivity index (χ2v) is 8.89. The zero-order chi connectivity index (χ0) is 22.5. The molecule has 166 valence electrons. The van der Waals surface area contributed by atoms with Crippen molar-refractivity contribution in [3.05, 3.63) is 58.4 Å². The number of nitrogens with one attached hydrogen (secondary N) is 1. The van der Waals surface area contributed by atoms with E-state index in [9.17, 15) is 18.8 Å². The lowest BCUT2D eigenvalue weighted by atomic mass is 10.3. The molecule has 1 aliphatic carbocycles. The molecule has 1 aliphatic rings. The maximum absolute atomic E-state index is 13.5. The van der Waals surface area contributed by atoms with Crippen molar-refractivity contribution in [3.63, 3.8) is 0 Å². The van der Waals surface area contributed by atoms with Gasteiger partial charge in [0.15, 0.2) is 22.5 Å². The number of benzene rings is 1. The number of para-hydroxylation sites is 1. The zero-order valence-electron chi connectivity index (χ0n) is 16.4. The first-order chi connectivity index (χ1) is 15.5. The van der Waals surface area contributed by atoms with Gasteiger partial charge in [0, 0.05) is 12.0 Å². The highest BCUT2D eigenvalue weighted by Crippen LogP contribution is 2.32. The molecular formula is C20H16FN3O6S2. The lowest BCUT2D eigenvalue weighted by molar-refractivity contribution is -0.136. The summed E-state index contributed by atoms with van der Waals surface area (Å²) < 4.78 is 29.4. The number of carbonyl (C=O) groups excluding carboxylic acids is 2. The molecule has 0 unspecified atom stereocenters. The Morgan fingerprint density at radius 2 is 2.06 bits per heavy atom. The van der Waals surface area contributed by atoms with Crippen LogP contribution in [0.4, 0.5) is 9.52 Å². The summed E-state index contributed by atoms with van der Waals surface area (Å²) in [4.78, 5) is 35.8. The highest BCUT2D eigenvalue weighted by Gasteiger charge is 2.30. The average molecular weight is 477 g/mol. The van der Waals surface area contributed by atoms with Gasteiger partial charge in [0.1, 0.15) is 12.0 Å². The highest BCUT2D eigenvalue weighted by molar-refractivity contribution is 8.00. The lowest BCUT2D eigenvalue weighted by Gasteiger charge is -2.07. The van der Waals surface area contributed by atoms with Gasteiger partial charge in [-0.2, -0.15) is 0 Å². The van der Waals surface area contributed by atoms with Crippen LogP contribution in [0.3, 0.4) is 0 Å². The molecule has 3 aromatic rings. The highest BCUT2D eigenvalue weighted by atomic mass is 32.2. The maximum atomic E-state index is 13.5. The number of aromatic nitrogens is 2. The Morgan fingerprint density at radius 3 is 2.81 bits per heavy atom. The Bertz CT molecular complexity index is 1190. The van der Waals surface area contributed by atoms with E-state index in [2.05, 4.69) is 15.5 Å². The largest absolute Gasteiger partial charge is 0.479 e. The van der Waals surface area contributed by atoms with Gasteiger partial charge in [0.25, 0.3) is 0 Å². The monoisotopic (exact) mass is 477 g/mol. The molecule has 2 aromatic heterocycles. The minimum atomic E-state index is -0.877. The van der Waals surface area contributed by atoms with E-state index >= 15 is 0 Å². The van der Waals surface area contributed by atoms with E-state index in [1.165, 1.54) is 47.4 Å². The fraction of sp³-hybridized carbons (Fsp3) is 0.250. The molecule has 4 rings (SSSR count). The van der Waals surface area contributed by atoms with Crippen LogP contribution in [-0.2, 0) is 15.3 Å². The molecule has 9 nitrogen and oxygen atoms in total. The first-order valence-corrected chi connectivity index (χ1v) is 11.2. The van der Waals surface area contributed by atoms with Gasteiger partial charge in [-0.25, -0.2) is 9.18 Å². The van der Waals surface area contributed by atoms with Crippen molar-refractivity contribution < 1.29 is 27.9 Å². The number of halogens is 1. The molecule has 1 amide bonds. The summed E-state index contributed by atoms with van der Waals surface area (Å²) in [5.74, 6) is -1.26. The van der Waals surface area contributed by atoms with E-state index in [1.54, 1.807) is 6.07 Å². The number of ether oxygens (including phenoxy) is 2. The molecule has 1 saturated carbocycles. The number of esters is 1. The number of amides is 1. The topological polar surface area (TPSA) is 121 Å². The minimum Gasteiger partial charge on any atom is -0.479 e. The summed E-state index contributed by atoms with van der Waals surface area (Å²) in [5, 5.41) is 11.0. The molecule has 1 fully saturated rings. The van der Waals surface area contributed by atoms with Gasteiger partial charge in [0.05, 0.1) is 5.75 Å². The lowest BCUT2D eigenvalue weighted by Crippen LogP contribution is -2.21. The van der Waals surface area contributed by atoms with Gasteiger partial charge in [-0.1, -0.05) is 35.2 Å². The fourth-order valence-corrected chi connectivity index (χ4v) is 4.09. The summed E-state index contributed by atoms with van der Waals surface area (Å²) in [7, 11) is 0. The van der Waals surface area contributed by atoms with Crippen LogP contribution in [0.25, 0.3) is 0 Å². The SMILES string of the molecule is O=C(COc1ccccc1F)Oc1coc(CSc2nnc(NC(=O)C3CC3)s2)cc1=O. The van der Waals surface area contributed by atoms with Crippen LogP contribution >= 0.6 is 23.1 Å². The van der Waals surface area contributed by atoms with Crippen molar-refractivity contribution in [2.75, 3.05) is 11.9 Å². The number of hydrogen-bond donors (Lipinski definition) is 1. The number of anilines is 1. The van der Waals surface area contributed by atoms with Crippen LogP contribution in [-0.4, -0.2) is 28.7 Å². The van der Waals surface area contributed by atoms with Crippen LogP contribution in [0.15, 0.2) is 50.1 Å². The van der Waals surface area contributed by atoms with E-state index in [-0.39, 0.29) is 29.1 Å². The molecule has 2 heterocycles. The van der Waals surface area contributed by atoms with Crippen molar-refractivity contribution in [2.24, 2.45) is 5.92 Å². The smallest absolute Gasteiger partial charge is 0.349 e. The Morgan fingerprint density at radius 1 is 1.25 bits per heavy atom. The van der Waals surface area contributed by atoms with Crippen LogP contribution in [0.1, 0.15) is 18.6 Å². The molecule has 0 saturated heterocycles.